The van der Waals surface area contributed by atoms with Crippen molar-refractivity contribution in [3.63, 3.8) is 0 Å². The number of rotatable bonds is 4. The molecule has 1 aliphatic rings. The molecule has 3 heterocycles. The zero-order valence-electron chi connectivity index (χ0n) is 14.1. The molecule has 1 N–H and O–H groups in total. The largest absolute Gasteiger partial charge is 0.475 e. The first-order valence-corrected chi connectivity index (χ1v) is 9.22. The predicted octanol–water partition coefficient (Wildman–Crippen LogP) is 3.61. The van der Waals surface area contributed by atoms with E-state index in [-0.39, 0.29) is 5.76 Å². The molecule has 4 rings (SSSR count). The highest BCUT2D eigenvalue weighted by Gasteiger charge is 2.21. The van der Waals surface area contributed by atoms with Crippen molar-refractivity contribution in [2.75, 3.05) is 31.1 Å². The zero-order valence-corrected chi connectivity index (χ0v) is 15.6. The molecule has 0 atom stereocenters. The van der Waals surface area contributed by atoms with Crippen LogP contribution in [0.25, 0.3) is 11.0 Å². The summed E-state index contributed by atoms with van der Waals surface area (Å²) in [6, 6.07) is 9.46. The van der Waals surface area contributed by atoms with Crippen LogP contribution in [-0.2, 0) is 6.54 Å². The number of hydrogen-bond acceptors (Lipinski definition) is 5. The summed E-state index contributed by atoms with van der Waals surface area (Å²) in [5.74, 6) is -1.10. The molecule has 1 aliphatic heterocycles. The Morgan fingerprint density at radius 2 is 2.04 bits per heavy atom. The summed E-state index contributed by atoms with van der Waals surface area (Å²) in [5.41, 5.74) is 2.87. The summed E-state index contributed by atoms with van der Waals surface area (Å²) >= 11 is 3.63. The van der Waals surface area contributed by atoms with Crippen LogP contribution >= 0.6 is 15.9 Å². The highest BCUT2D eigenvalue weighted by Crippen LogP contribution is 2.36. The molecule has 134 valence electrons. The van der Waals surface area contributed by atoms with Crippen LogP contribution in [0.5, 0.6) is 0 Å². The molecule has 7 heteroatoms. The number of furan rings is 1. The van der Waals surface area contributed by atoms with Crippen LogP contribution in [0.3, 0.4) is 0 Å². The van der Waals surface area contributed by atoms with E-state index in [0.717, 1.165) is 48.3 Å². The van der Waals surface area contributed by atoms with Crippen LogP contribution in [0.15, 0.2) is 51.6 Å². The van der Waals surface area contributed by atoms with E-state index in [4.69, 9.17) is 9.52 Å². The van der Waals surface area contributed by atoms with E-state index in [2.05, 4.69) is 36.8 Å². The number of aromatic carboxylic acids is 1. The van der Waals surface area contributed by atoms with Crippen molar-refractivity contribution < 1.29 is 14.3 Å². The van der Waals surface area contributed by atoms with Gasteiger partial charge in [-0.3, -0.25) is 9.88 Å². The van der Waals surface area contributed by atoms with Gasteiger partial charge in [0.1, 0.15) is 5.58 Å². The third-order valence-electron chi connectivity index (χ3n) is 4.67. The molecule has 26 heavy (non-hydrogen) atoms. The fraction of sp³-hybridized carbons (Fsp3) is 0.263. The average molecular weight is 416 g/mol. The molecule has 0 radical (unpaired) electrons. The number of benzene rings is 1. The minimum absolute atomic E-state index is 0.0425. The molecule has 2 aromatic heterocycles. The second-order valence-electron chi connectivity index (χ2n) is 6.35. The SMILES string of the molecule is O=C(O)c1cc2c(Br)c(N3CCN(Cc4cccnc4)CC3)ccc2o1. The number of fused-ring (bicyclic) bond motifs is 1. The number of aromatic nitrogens is 1. The van der Waals surface area contributed by atoms with Gasteiger partial charge in [0.2, 0.25) is 5.76 Å². The Hall–Kier alpha value is -2.38. The Labute approximate surface area is 159 Å². The van der Waals surface area contributed by atoms with Gasteiger partial charge < -0.3 is 14.4 Å². The van der Waals surface area contributed by atoms with E-state index in [1.807, 2.05) is 24.4 Å². The number of hydrogen-bond donors (Lipinski definition) is 1. The van der Waals surface area contributed by atoms with Crippen molar-refractivity contribution in [2.45, 2.75) is 6.54 Å². The molecule has 1 aromatic carbocycles. The summed E-state index contributed by atoms with van der Waals surface area (Å²) in [5, 5.41) is 9.91. The van der Waals surface area contributed by atoms with E-state index >= 15 is 0 Å². The van der Waals surface area contributed by atoms with Crippen molar-refractivity contribution in [1.29, 1.82) is 0 Å². The summed E-state index contributed by atoms with van der Waals surface area (Å²) in [4.78, 5) is 20.0. The molecule has 3 aromatic rings. The van der Waals surface area contributed by atoms with Gasteiger partial charge in [-0.15, -0.1) is 0 Å². The molecule has 0 saturated carbocycles. The lowest BCUT2D eigenvalue weighted by Crippen LogP contribution is -2.46. The Kier molecular flexibility index (Phi) is 4.65. The fourth-order valence-electron chi connectivity index (χ4n) is 3.31. The number of carboxylic acids is 1. The minimum atomic E-state index is -1.06. The molecular formula is C19H18BrN3O3. The first kappa shape index (κ1) is 17.1. The molecule has 0 spiro atoms. The van der Waals surface area contributed by atoms with Gasteiger partial charge in [0.25, 0.3) is 0 Å². The van der Waals surface area contributed by atoms with Gasteiger partial charge in [-0.25, -0.2) is 4.79 Å². The number of anilines is 1. The molecule has 0 amide bonds. The van der Waals surface area contributed by atoms with Gasteiger partial charge in [-0.2, -0.15) is 0 Å². The van der Waals surface area contributed by atoms with Crippen LogP contribution in [-0.4, -0.2) is 47.1 Å². The van der Waals surface area contributed by atoms with Crippen LogP contribution in [0.4, 0.5) is 5.69 Å². The number of carbonyl (C=O) groups is 1. The maximum atomic E-state index is 11.1. The maximum absolute atomic E-state index is 11.1. The van der Waals surface area contributed by atoms with Crippen LogP contribution in [0, 0.1) is 0 Å². The summed E-state index contributed by atoms with van der Waals surface area (Å²) in [7, 11) is 0. The van der Waals surface area contributed by atoms with Gasteiger partial charge in [0.15, 0.2) is 0 Å². The first-order chi connectivity index (χ1) is 12.6. The van der Waals surface area contributed by atoms with E-state index in [0.29, 0.717) is 5.58 Å². The van der Waals surface area contributed by atoms with Gasteiger partial charge in [0.05, 0.1) is 10.2 Å². The second kappa shape index (κ2) is 7.09. The first-order valence-electron chi connectivity index (χ1n) is 8.43. The van der Waals surface area contributed by atoms with E-state index < -0.39 is 5.97 Å². The minimum Gasteiger partial charge on any atom is -0.475 e. The normalized spacial score (nSPS) is 15.5. The molecule has 1 saturated heterocycles. The van der Waals surface area contributed by atoms with Crippen LogP contribution in [0.2, 0.25) is 0 Å². The molecule has 6 nitrogen and oxygen atoms in total. The standard InChI is InChI=1S/C19H18BrN3O3/c20-18-14-10-17(19(24)25)26-16(14)4-3-15(18)23-8-6-22(7-9-23)12-13-2-1-5-21-11-13/h1-5,10-11H,6-9,12H2,(H,24,25). The Morgan fingerprint density at radius 3 is 2.73 bits per heavy atom. The van der Waals surface area contributed by atoms with Crippen molar-refractivity contribution in [3.05, 3.63) is 58.5 Å². The van der Waals surface area contributed by atoms with E-state index in [1.165, 1.54) is 5.56 Å². The smallest absolute Gasteiger partial charge is 0.371 e. The van der Waals surface area contributed by atoms with Gasteiger partial charge in [-0.05, 0) is 39.7 Å². The van der Waals surface area contributed by atoms with Crippen LogP contribution < -0.4 is 4.90 Å². The highest BCUT2D eigenvalue weighted by atomic mass is 79.9. The lowest BCUT2D eigenvalue weighted by molar-refractivity contribution is 0.0665. The number of nitrogens with zero attached hydrogens (tertiary/aromatic N) is 3. The number of pyridine rings is 1. The van der Waals surface area contributed by atoms with Crippen molar-refractivity contribution in [1.82, 2.24) is 9.88 Å². The van der Waals surface area contributed by atoms with Gasteiger partial charge >= 0.3 is 5.97 Å². The number of halogens is 1. The monoisotopic (exact) mass is 415 g/mol. The third kappa shape index (κ3) is 3.32. The summed E-state index contributed by atoms with van der Waals surface area (Å²) < 4.78 is 6.26. The third-order valence-corrected chi connectivity index (χ3v) is 5.50. The molecular weight excluding hydrogens is 398 g/mol. The zero-order chi connectivity index (χ0) is 18.1. The van der Waals surface area contributed by atoms with Crippen molar-refractivity contribution >= 4 is 38.6 Å². The van der Waals surface area contributed by atoms with E-state index in [9.17, 15) is 4.79 Å². The van der Waals surface area contributed by atoms with E-state index in [1.54, 1.807) is 12.3 Å². The second-order valence-corrected chi connectivity index (χ2v) is 7.14. The topological polar surface area (TPSA) is 69.8 Å². The highest BCUT2D eigenvalue weighted by molar-refractivity contribution is 9.10. The summed E-state index contributed by atoms with van der Waals surface area (Å²) in [6.45, 7) is 4.66. The maximum Gasteiger partial charge on any atom is 0.371 e. The summed E-state index contributed by atoms with van der Waals surface area (Å²) in [6.07, 6.45) is 3.70. The molecule has 0 aliphatic carbocycles. The van der Waals surface area contributed by atoms with Gasteiger partial charge in [-0.1, -0.05) is 6.07 Å². The Balaban J connectivity index is 1.49. The van der Waals surface area contributed by atoms with Crippen molar-refractivity contribution in [3.8, 4) is 0 Å². The van der Waals surface area contributed by atoms with Crippen molar-refractivity contribution in [2.24, 2.45) is 0 Å². The Bertz CT molecular complexity index is 934. The number of carboxylic acid groups (broad SMARTS) is 1. The Morgan fingerprint density at radius 1 is 1.23 bits per heavy atom. The number of piperazine rings is 1. The lowest BCUT2D eigenvalue weighted by atomic mass is 10.2. The molecule has 1 fully saturated rings. The molecule has 0 unspecified atom stereocenters. The quantitative estimate of drug-likeness (QED) is 0.701. The predicted molar refractivity (Wildman–Crippen MR) is 103 cm³/mol. The average Bonchev–Trinajstić information content (AvgIpc) is 3.10. The fourth-order valence-corrected chi connectivity index (χ4v) is 4.01. The van der Waals surface area contributed by atoms with Gasteiger partial charge in [0, 0.05) is 56.6 Å². The van der Waals surface area contributed by atoms with Crippen LogP contribution in [0.1, 0.15) is 16.1 Å². The molecule has 0 bridgehead atoms. The lowest BCUT2D eigenvalue weighted by Gasteiger charge is -2.36.